The Balaban J connectivity index is 2.10. The molecule has 0 heterocycles. The van der Waals surface area contributed by atoms with Gasteiger partial charge in [0.05, 0.1) is 24.8 Å². The van der Waals surface area contributed by atoms with E-state index in [4.69, 9.17) is 25.8 Å². The summed E-state index contributed by atoms with van der Waals surface area (Å²) < 4.78 is 17.1. The first-order valence-corrected chi connectivity index (χ1v) is 12.6. The largest absolute Gasteiger partial charge is 0.494 e. The number of benzene rings is 2. The van der Waals surface area contributed by atoms with E-state index in [-0.39, 0.29) is 5.57 Å². The fraction of sp³-hybridized carbons (Fsp3) is 0.429. The SMILES string of the molecule is CCCCCCCCOc1c(Cl)cc(C=C(C#N)C(=O)Nc2ccc(OCC)cc2)cc1OCC. The second-order valence-electron chi connectivity index (χ2n) is 7.96. The molecule has 2 aromatic carbocycles. The summed E-state index contributed by atoms with van der Waals surface area (Å²) in [5, 5.41) is 12.7. The van der Waals surface area contributed by atoms with Gasteiger partial charge in [0.15, 0.2) is 11.5 Å². The van der Waals surface area contributed by atoms with Crippen LogP contribution in [-0.4, -0.2) is 25.7 Å². The number of rotatable bonds is 15. The van der Waals surface area contributed by atoms with Gasteiger partial charge in [0.25, 0.3) is 5.91 Å². The van der Waals surface area contributed by atoms with Gasteiger partial charge >= 0.3 is 0 Å². The summed E-state index contributed by atoms with van der Waals surface area (Å²) in [7, 11) is 0. The topological polar surface area (TPSA) is 80.6 Å². The second kappa shape index (κ2) is 15.7. The van der Waals surface area contributed by atoms with Crippen molar-refractivity contribution in [3.8, 4) is 23.3 Å². The van der Waals surface area contributed by atoms with E-state index in [1.165, 1.54) is 31.8 Å². The van der Waals surface area contributed by atoms with E-state index in [2.05, 4.69) is 12.2 Å². The Morgan fingerprint density at radius 1 is 0.971 bits per heavy atom. The molecule has 1 N–H and O–H groups in total. The Bertz CT molecular complexity index is 1010. The van der Waals surface area contributed by atoms with Gasteiger partial charge in [0.2, 0.25) is 0 Å². The molecule has 2 aromatic rings. The second-order valence-corrected chi connectivity index (χ2v) is 8.37. The minimum absolute atomic E-state index is 0.0573. The lowest BCUT2D eigenvalue weighted by molar-refractivity contribution is -0.112. The van der Waals surface area contributed by atoms with Crippen LogP contribution in [0.5, 0.6) is 17.2 Å². The molecule has 0 atom stereocenters. The van der Waals surface area contributed by atoms with Crippen molar-refractivity contribution in [2.45, 2.75) is 59.3 Å². The summed E-state index contributed by atoms with van der Waals surface area (Å²) in [6.07, 6.45) is 8.46. The van der Waals surface area contributed by atoms with Crippen LogP contribution < -0.4 is 19.5 Å². The monoisotopic (exact) mass is 498 g/mol. The van der Waals surface area contributed by atoms with Gasteiger partial charge in [-0.25, -0.2) is 0 Å². The number of halogens is 1. The number of nitriles is 1. The summed E-state index contributed by atoms with van der Waals surface area (Å²) in [6, 6.07) is 12.3. The molecule has 7 heteroatoms. The highest BCUT2D eigenvalue weighted by atomic mass is 35.5. The van der Waals surface area contributed by atoms with Crippen LogP contribution in [0.15, 0.2) is 42.0 Å². The van der Waals surface area contributed by atoms with Gasteiger partial charge in [0.1, 0.15) is 17.4 Å². The number of hydrogen-bond donors (Lipinski definition) is 1. The molecular weight excluding hydrogens is 464 g/mol. The maximum atomic E-state index is 12.7. The Morgan fingerprint density at radius 2 is 1.66 bits per heavy atom. The standard InChI is InChI=1S/C28H35ClN2O4/c1-4-7-8-9-10-11-16-35-27-25(29)18-21(19-26(27)34-6-3)17-22(20-30)28(32)31-23-12-14-24(15-13-23)33-5-2/h12-15,17-19H,4-11,16H2,1-3H3,(H,31,32). The number of hydrogen-bond acceptors (Lipinski definition) is 5. The van der Waals surface area contributed by atoms with Crippen molar-refractivity contribution in [2.24, 2.45) is 0 Å². The molecule has 0 radical (unpaired) electrons. The zero-order valence-corrected chi connectivity index (χ0v) is 21.6. The Hall–Kier alpha value is -3.17. The number of nitrogens with zero attached hydrogens (tertiary/aromatic N) is 1. The number of anilines is 1. The molecule has 0 saturated carbocycles. The molecule has 0 aliphatic carbocycles. The van der Waals surface area contributed by atoms with E-state index < -0.39 is 5.91 Å². The zero-order valence-electron chi connectivity index (χ0n) is 20.9. The summed E-state index contributed by atoms with van der Waals surface area (Å²) in [5.74, 6) is 1.16. The lowest BCUT2D eigenvalue weighted by Crippen LogP contribution is -2.13. The Morgan fingerprint density at radius 3 is 2.31 bits per heavy atom. The van der Waals surface area contributed by atoms with Crippen LogP contribution in [0.3, 0.4) is 0 Å². The van der Waals surface area contributed by atoms with Gasteiger partial charge in [0, 0.05) is 5.69 Å². The van der Waals surface area contributed by atoms with Crippen molar-refractivity contribution < 1.29 is 19.0 Å². The van der Waals surface area contributed by atoms with E-state index in [1.54, 1.807) is 36.4 Å². The molecule has 0 fully saturated rings. The minimum Gasteiger partial charge on any atom is -0.494 e. The molecule has 6 nitrogen and oxygen atoms in total. The maximum Gasteiger partial charge on any atom is 0.266 e. The molecule has 0 unspecified atom stereocenters. The third-order valence-electron chi connectivity index (χ3n) is 5.18. The first-order chi connectivity index (χ1) is 17.0. The predicted molar refractivity (Wildman–Crippen MR) is 141 cm³/mol. The van der Waals surface area contributed by atoms with Gasteiger partial charge in [-0.3, -0.25) is 4.79 Å². The summed E-state index contributed by atoms with van der Waals surface area (Å²) in [5.41, 5.74) is 1.08. The smallest absolute Gasteiger partial charge is 0.266 e. The van der Waals surface area contributed by atoms with Crippen molar-refractivity contribution in [2.75, 3.05) is 25.1 Å². The van der Waals surface area contributed by atoms with Crippen LogP contribution in [0.1, 0.15) is 64.9 Å². The van der Waals surface area contributed by atoms with Crippen molar-refractivity contribution in [3.05, 3.63) is 52.6 Å². The third kappa shape index (κ3) is 9.54. The normalized spacial score (nSPS) is 11.0. The van der Waals surface area contributed by atoms with Crippen molar-refractivity contribution in [1.82, 2.24) is 0 Å². The van der Waals surface area contributed by atoms with E-state index >= 15 is 0 Å². The van der Waals surface area contributed by atoms with Crippen molar-refractivity contribution in [1.29, 1.82) is 5.26 Å². The fourth-order valence-electron chi connectivity index (χ4n) is 3.45. The van der Waals surface area contributed by atoms with Gasteiger partial charge in [-0.05, 0) is 68.3 Å². The first-order valence-electron chi connectivity index (χ1n) is 12.3. The molecular formula is C28H35ClN2O4. The molecule has 0 aliphatic heterocycles. The number of carbonyl (C=O) groups excluding carboxylic acids is 1. The molecule has 188 valence electrons. The van der Waals surface area contributed by atoms with Crippen LogP contribution >= 0.6 is 11.6 Å². The van der Waals surface area contributed by atoms with E-state index in [1.807, 2.05) is 19.9 Å². The van der Waals surface area contributed by atoms with Crippen LogP contribution in [-0.2, 0) is 4.79 Å². The molecule has 1 amide bonds. The van der Waals surface area contributed by atoms with Crippen LogP contribution in [0.2, 0.25) is 5.02 Å². The van der Waals surface area contributed by atoms with Crippen LogP contribution in [0.4, 0.5) is 5.69 Å². The minimum atomic E-state index is -0.519. The van der Waals surface area contributed by atoms with Crippen LogP contribution in [0.25, 0.3) is 6.08 Å². The molecule has 0 saturated heterocycles. The molecule has 0 bridgehead atoms. The molecule has 35 heavy (non-hydrogen) atoms. The third-order valence-corrected chi connectivity index (χ3v) is 5.46. The number of amides is 1. The van der Waals surface area contributed by atoms with Crippen molar-refractivity contribution >= 4 is 29.3 Å². The lowest BCUT2D eigenvalue weighted by atomic mass is 10.1. The van der Waals surface area contributed by atoms with Gasteiger partial charge in [-0.2, -0.15) is 5.26 Å². The number of ether oxygens (including phenoxy) is 3. The van der Waals surface area contributed by atoms with Gasteiger partial charge in [-0.15, -0.1) is 0 Å². The van der Waals surface area contributed by atoms with Gasteiger partial charge < -0.3 is 19.5 Å². The Kier molecular flexibility index (Phi) is 12.6. The number of carbonyl (C=O) groups is 1. The highest BCUT2D eigenvalue weighted by molar-refractivity contribution is 6.32. The molecule has 2 rings (SSSR count). The van der Waals surface area contributed by atoms with Gasteiger partial charge in [-0.1, -0.05) is 50.6 Å². The molecule has 0 aliphatic rings. The average molecular weight is 499 g/mol. The first kappa shape index (κ1) is 28.1. The highest BCUT2D eigenvalue weighted by Gasteiger charge is 2.15. The predicted octanol–water partition coefficient (Wildman–Crippen LogP) is 7.42. The summed E-state index contributed by atoms with van der Waals surface area (Å²) >= 11 is 6.50. The van der Waals surface area contributed by atoms with Crippen molar-refractivity contribution in [3.63, 3.8) is 0 Å². The van der Waals surface area contributed by atoms with Crippen LogP contribution in [0, 0.1) is 11.3 Å². The quantitative estimate of drug-likeness (QED) is 0.157. The fourth-order valence-corrected chi connectivity index (χ4v) is 3.72. The molecule has 0 spiro atoms. The van der Waals surface area contributed by atoms with E-state index in [0.29, 0.717) is 53.3 Å². The summed E-state index contributed by atoms with van der Waals surface area (Å²) in [6.45, 7) is 7.51. The maximum absolute atomic E-state index is 12.7. The Labute approximate surface area is 213 Å². The average Bonchev–Trinajstić information content (AvgIpc) is 2.84. The zero-order chi connectivity index (χ0) is 25.5. The lowest BCUT2D eigenvalue weighted by Gasteiger charge is -2.14. The van der Waals surface area contributed by atoms with E-state index in [0.717, 1.165) is 12.8 Å². The number of nitrogens with one attached hydrogen (secondary N) is 1. The highest BCUT2D eigenvalue weighted by Crippen LogP contribution is 2.37. The summed E-state index contributed by atoms with van der Waals surface area (Å²) in [4.78, 5) is 12.7. The number of unbranched alkanes of at least 4 members (excludes halogenated alkanes) is 5. The van der Waals surface area contributed by atoms with E-state index in [9.17, 15) is 10.1 Å². The molecule has 0 aromatic heterocycles.